The fraction of sp³-hybridized carbons (Fsp3) is 0.124. The summed E-state index contributed by atoms with van der Waals surface area (Å²) in [6.45, 7) is 0.303. The van der Waals surface area contributed by atoms with Crippen molar-refractivity contribution in [3.63, 3.8) is 0 Å². The van der Waals surface area contributed by atoms with Gasteiger partial charge in [0.15, 0.2) is 28.7 Å². The largest absolute Gasteiger partial charge is 0.504 e. The lowest BCUT2D eigenvalue weighted by Crippen LogP contribution is -2.31. The lowest BCUT2D eigenvalue weighted by Gasteiger charge is -2.09. The Morgan fingerprint density at radius 1 is 0.348 bits per heavy atom. The van der Waals surface area contributed by atoms with E-state index in [4.69, 9.17) is 30.9 Å². The molecule has 0 unspecified atom stereocenters. The summed E-state index contributed by atoms with van der Waals surface area (Å²) in [5.74, 6) is -0.593. The van der Waals surface area contributed by atoms with Crippen molar-refractivity contribution < 1.29 is 63.1 Å². The second-order valence-electron chi connectivity index (χ2n) is 25.4. The van der Waals surface area contributed by atoms with Crippen molar-refractivity contribution in [2.24, 2.45) is 0 Å². The molecule has 0 radical (unpaired) electrons. The summed E-state index contributed by atoms with van der Waals surface area (Å²) in [5, 5.41) is 60.1. The first-order valence-electron chi connectivity index (χ1n) is 36.1. The summed E-state index contributed by atoms with van der Waals surface area (Å²) in [5.41, 5.74) is 6.64. The molecule has 0 atom stereocenters. The number of nitrogens with zero attached hydrogens (tertiary/aromatic N) is 3. The highest BCUT2D eigenvalue weighted by molar-refractivity contribution is 7.71. The number of aromatic nitrogens is 3. The van der Waals surface area contributed by atoms with Gasteiger partial charge in [-0.2, -0.15) is 0 Å². The Morgan fingerprint density at radius 3 is 1.18 bits per heavy atom. The molecule has 13 aromatic rings. The molecular weight excluding hydrogens is 1490 g/mol. The minimum Gasteiger partial charge on any atom is -0.504 e. The van der Waals surface area contributed by atoms with Gasteiger partial charge in [0, 0.05) is 61.5 Å². The summed E-state index contributed by atoms with van der Waals surface area (Å²) in [6.07, 6.45) is 9.66. The standard InChI is InChI=1S/C20H18N2O3.C19H16N2O4.C19H16N2O3.C16H17NO4.C15H15NO3S/c23-18-7-4-12-22(20(18)25)14-19(24)21-13-15-8-10-17(11-9-15)16-5-2-1-3-6-16;22-17-7-4-12-21(19(17)24)13-18(23)20-14-8-10-16(11-9-14)25-15-5-2-1-3-6-15;22-17-7-4-12-21(19(17)24)13-18(23)20-16-10-8-15(9-11-16)14-5-2-1-3-6-14;18-14-9-13(21-11-15(14)19)10-17-16(20)8-4-7-12-5-2-1-3-6-12;17-13-10-19-12(8-14(13)20)9-16-15(18)7-6-11-4-2-1-3-5-11/h1-12,23H,13-14H2,(H,21,24);1-12,22H,13H2,(H,20,23);1-12,22H,13H2,(H,20,23);1-3,5-6,9,11,19H,4,7-8,10H2,(H,17,20);1-5,8,10,17H,6-7,9H2,(H,16,18). The highest BCUT2D eigenvalue weighted by Crippen LogP contribution is 2.25. The number of carbonyl (C=O) groups excluding carboxylic acids is 5. The van der Waals surface area contributed by atoms with E-state index in [1.807, 2.05) is 200 Å². The quantitative estimate of drug-likeness (QED) is 0.0238. The molecule has 586 valence electrons. The number of amides is 5. The van der Waals surface area contributed by atoms with Crippen LogP contribution < -0.4 is 53.4 Å². The van der Waals surface area contributed by atoms with Crippen molar-refractivity contribution in [3.8, 4) is 62.5 Å². The van der Waals surface area contributed by atoms with Gasteiger partial charge in [0.2, 0.25) is 35.0 Å². The molecule has 26 heteroatoms. The molecule has 0 saturated carbocycles. The van der Waals surface area contributed by atoms with Crippen LogP contribution in [0.4, 0.5) is 11.4 Å². The van der Waals surface area contributed by atoms with Gasteiger partial charge >= 0.3 is 0 Å². The van der Waals surface area contributed by atoms with E-state index in [-0.39, 0.29) is 79.5 Å². The predicted molar refractivity (Wildman–Crippen MR) is 439 cm³/mol. The number of aromatic hydroxyl groups is 5. The first-order valence-corrected chi connectivity index (χ1v) is 36.5. The molecule has 8 aromatic carbocycles. The highest BCUT2D eigenvalue weighted by atomic mass is 32.1. The SMILES string of the molecule is O=C(CCCc1ccccc1)NCc1cc(=O)c(O)co1.O=C(CCc1ccccc1)NCc1cc(=S)c(O)co1.O=C(Cn1cccc(O)c1=O)NCc1ccc(-c2ccccc2)cc1.O=C(Cn1cccc(O)c1=O)Nc1ccc(-c2ccccc2)cc1.O=C(Cn1cccc(O)c1=O)Nc1ccc(Oc2ccccc2)cc1. The monoisotopic (exact) mass is 1570 g/mol. The number of hydrogen-bond donors (Lipinski definition) is 10. The smallest absolute Gasteiger partial charge is 0.293 e. The zero-order valence-corrected chi connectivity index (χ0v) is 62.8. The molecule has 0 aliphatic rings. The Morgan fingerprint density at radius 2 is 0.722 bits per heavy atom. The molecule has 0 fully saturated rings. The van der Waals surface area contributed by atoms with Crippen LogP contribution in [0.2, 0.25) is 0 Å². The van der Waals surface area contributed by atoms with E-state index >= 15 is 0 Å². The molecule has 25 nitrogen and oxygen atoms in total. The molecule has 5 heterocycles. The van der Waals surface area contributed by atoms with Gasteiger partial charge in [0.05, 0.1) is 17.6 Å². The van der Waals surface area contributed by atoms with Gasteiger partial charge in [-0.1, -0.05) is 188 Å². The number of benzene rings is 8. The van der Waals surface area contributed by atoms with Gasteiger partial charge in [-0.05, 0) is 143 Å². The van der Waals surface area contributed by atoms with E-state index < -0.39 is 33.6 Å². The van der Waals surface area contributed by atoms with Crippen molar-refractivity contribution >= 4 is 53.1 Å². The van der Waals surface area contributed by atoms with Crippen molar-refractivity contribution in [3.05, 3.63) is 378 Å². The minimum absolute atomic E-state index is 0.0527. The van der Waals surface area contributed by atoms with Gasteiger partial charge < -0.3 is 79.4 Å². The fourth-order valence-corrected chi connectivity index (χ4v) is 10.9. The number of anilines is 2. The van der Waals surface area contributed by atoms with Crippen LogP contribution in [0.1, 0.15) is 47.5 Å². The van der Waals surface area contributed by atoms with Gasteiger partial charge in [-0.25, -0.2) is 0 Å². The van der Waals surface area contributed by atoms with Gasteiger partial charge in [0.1, 0.15) is 55.2 Å². The van der Waals surface area contributed by atoms with E-state index in [0.29, 0.717) is 59.0 Å². The third kappa shape index (κ3) is 28.5. The predicted octanol–water partition coefficient (Wildman–Crippen LogP) is 13.3. The Bertz CT molecular complexity index is 5640. The zero-order valence-electron chi connectivity index (χ0n) is 62.0. The van der Waals surface area contributed by atoms with Gasteiger partial charge in [-0.15, -0.1) is 0 Å². The molecule has 0 spiro atoms. The summed E-state index contributed by atoms with van der Waals surface area (Å²) >= 11 is 4.91. The molecule has 5 amide bonds. The highest BCUT2D eigenvalue weighted by Gasteiger charge is 2.13. The number of nitrogens with one attached hydrogen (secondary N) is 5. The maximum absolute atomic E-state index is 12.0. The average molecular weight is 1570 g/mol. The normalized spacial score (nSPS) is 10.3. The molecule has 13 rings (SSSR count). The second-order valence-corrected chi connectivity index (χ2v) is 25.8. The van der Waals surface area contributed by atoms with E-state index in [1.54, 1.807) is 24.3 Å². The van der Waals surface area contributed by atoms with Crippen molar-refractivity contribution in [2.45, 2.75) is 71.4 Å². The summed E-state index contributed by atoms with van der Waals surface area (Å²) in [6, 6.07) is 82.6. The van der Waals surface area contributed by atoms with Crippen LogP contribution in [-0.2, 0) is 76.1 Å². The Kier molecular flexibility index (Phi) is 32.2. The Labute approximate surface area is 665 Å². The van der Waals surface area contributed by atoms with Crippen LogP contribution >= 0.6 is 12.2 Å². The van der Waals surface area contributed by atoms with E-state index in [2.05, 4.69) is 26.6 Å². The fourth-order valence-electron chi connectivity index (χ4n) is 10.7. The third-order valence-corrected chi connectivity index (χ3v) is 17.1. The van der Waals surface area contributed by atoms with Gasteiger partial charge in [0.25, 0.3) is 16.7 Å². The summed E-state index contributed by atoms with van der Waals surface area (Å²) in [4.78, 5) is 106. The molecule has 0 aliphatic heterocycles. The van der Waals surface area contributed by atoms with Crippen LogP contribution in [0.25, 0.3) is 22.3 Å². The molecule has 10 N–H and O–H groups in total. The molecule has 115 heavy (non-hydrogen) atoms. The molecule has 5 aromatic heterocycles. The maximum atomic E-state index is 12.0. The second kappa shape index (κ2) is 44.1. The van der Waals surface area contributed by atoms with E-state index in [1.165, 1.54) is 83.5 Å². The van der Waals surface area contributed by atoms with E-state index in [9.17, 15) is 63.6 Å². The van der Waals surface area contributed by atoms with Crippen molar-refractivity contribution in [1.29, 1.82) is 0 Å². The first kappa shape index (κ1) is 84.1. The van der Waals surface area contributed by atoms with Crippen molar-refractivity contribution in [1.82, 2.24) is 29.7 Å². The zero-order chi connectivity index (χ0) is 81.7. The minimum atomic E-state index is -0.607. The number of rotatable bonds is 25. The van der Waals surface area contributed by atoms with Crippen molar-refractivity contribution in [2.75, 3.05) is 10.6 Å². The molecule has 0 aliphatic carbocycles. The number of aryl methyl sites for hydroxylation is 2. The maximum Gasteiger partial charge on any atom is 0.293 e. The van der Waals surface area contributed by atoms with Gasteiger partial charge in [-0.3, -0.25) is 43.2 Å². The average Bonchev–Trinajstić information content (AvgIpc) is 0.881. The summed E-state index contributed by atoms with van der Waals surface area (Å²) in [7, 11) is 0. The van der Waals surface area contributed by atoms with Crippen LogP contribution in [-0.4, -0.2) is 68.8 Å². The Balaban J connectivity index is 0.000000165. The van der Waals surface area contributed by atoms with Crippen LogP contribution in [0.15, 0.2) is 332 Å². The lowest BCUT2D eigenvalue weighted by atomic mass is 10.0. The first-order chi connectivity index (χ1) is 55.7. The Hall–Kier alpha value is -14.9. The van der Waals surface area contributed by atoms with Crippen LogP contribution in [0.3, 0.4) is 0 Å². The number of ether oxygens (including phenoxy) is 1. The number of pyridine rings is 3. The number of hydrogen-bond acceptors (Lipinski definition) is 18. The van der Waals surface area contributed by atoms with E-state index in [0.717, 1.165) is 67.4 Å². The summed E-state index contributed by atoms with van der Waals surface area (Å²) < 4.78 is 19.6. The molecule has 0 saturated heterocycles. The topological polar surface area (TPSA) is 365 Å². The number of para-hydroxylation sites is 1. The van der Waals surface area contributed by atoms with Crippen LogP contribution in [0.5, 0.6) is 40.2 Å². The number of carbonyl (C=O) groups is 5. The lowest BCUT2D eigenvalue weighted by molar-refractivity contribution is -0.122. The molecule has 0 bridgehead atoms. The third-order valence-electron chi connectivity index (χ3n) is 16.7. The molecular formula is C89H82N8O17S. The van der Waals surface area contributed by atoms with Crippen LogP contribution in [0, 0.1) is 4.51 Å².